The van der Waals surface area contributed by atoms with Crippen molar-refractivity contribution in [3.05, 3.63) is 29.8 Å². The van der Waals surface area contributed by atoms with Crippen molar-refractivity contribution in [1.29, 1.82) is 0 Å². The van der Waals surface area contributed by atoms with E-state index in [1.807, 2.05) is 12.1 Å². The van der Waals surface area contributed by atoms with Crippen molar-refractivity contribution < 1.29 is 9.59 Å². The second-order valence-corrected chi connectivity index (χ2v) is 7.70. The Bertz CT molecular complexity index is 644. The van der Waals surface area contributed by atoms with E-state index in [1.165, 1.54) is 37.0 Å². The van der Waals surface area contributed by atoms with Gasteiger partial charge in [-0.05, 0) is 50.3 Å². The van der Waals surface area contributed by atoms with E-state index >= 15 is 0 Å². The molecule has 0 radical (unpaired) electrons. The Kier molecular flexibility index (Phi) is 5.42. The summed E-state index contributed by atoms with van der Waals surface area (Å²) in [5.41, 5.74) is 1.27. The molecule has 3 atom stereocenters. The number of hydrogen-bond donors (Lipinski definition) is 1. The SMILES string of the molecule is C[C@@H]1C[C@H]2CCCC[C@@H]2N1CC(=O)Nc1cccc(C(=O)N(C)C)c1. The summed E-state index contributed by atoms with van der Waals surface area (Å²) in [7, 11) is 3.45. The third-order valence-corrected chi connectivity index (χ3v) is 5.63. The van der Waals surface area contributed by atoms with Crippen molar-refractivity contribution in [3.63, 3.8) is 0 Å². The Morgan fingerprint density at radius 1 is 1.24 bits per heavy atom. The highest BCUT2D eigenvalue weighted by Gasteiger charge is 2.40. The summed E-state index contributed by atoms with van der Waals surface area (Å²) in [6.45, 7) is 2.68. The lowest BCUT2D eigenvalue weighted by Crippen LogP contribution is -2.42. The van der Waals surface area contributed by atoms with Crippen LogP contribution in [-0.2, 0) is 4.79 Å². The Morgan fingerprint density at radius 2 is 2.00 bits per heavy atom. The highest BCUT2D eigenvalue weighted by atomic mass is 16.2. The average molecular weight is 343 g/mol. The molecule has 1 aromatic carbocycles. The maximum absolute atomic E-state index is 12.6. The summed E-state index contributed by atoms with van der Waals surface area (Å²) in [6, 6.07) is 8.20. The van der Waals surface area contributed by atoms with Gasteiger partial charge in [-0.15, -0.1) is 0 Å². The maximum Gasteiger partial charge on any atom is 0.253 e. The Balaban J connectivity index is 1.63. The molecule has 3 rings (SSSR count). The van der Waals surface area contributed by atoms with Crippen LogP contribution in [0.2, 0.25) is 0 Å². The molecule has 0 bridgehead atoms. The number of nitrogens with one attached hydrogen (secondary N) is 1. The van der Waals surface area contributed by atoms with Crippen LogP contribution >= 0.6 is 0 Å². The van der Waals surface area contributed by atoms with Crippen LogP contribution in [0.3, 0.4) is 0 Å². The Labute approximate surface area is 150 Å². The zero-order valence-electron chi connectivity index (χ0n) is 15.5. The molecule has 1 aliphatic heterocycles. The Hall–Kier alpha value is -1.88. The molecular formula is C20H29N3O2. The number of anilines is 1. The highest BCUT2D eigenvalue weighted by molar-refractivity contribution is 5.97. The molecule has 5 nitrogen and oxygen atoms in total. The minimum atomic E-state index is -0.0608. The summed E-state index contributed by atoms with van der Waals surface area (Å²) in [4.78, 5) is 28.5. The number of likely N-dealkylation sites (tertiary alicyclic amines) is 1. The molecule has 25 heavy (non-hydrogen) atoms. The fourth-order valence-corrected chi connectivity index (χ4v) is 4.43. The fraction of sp³-hybridized carbons (Fsp3) is 0.600. The van der Waals surface area contributed by atoms with Crippen molar-refractivity contribution in [2.24, 2.45) is 5.92 Å². The van der Waals surface area contributed by atoms with Gasteiger partial charge >= 0.3 is 0 Å². The first-order chi connectivity index (χ1) is 12.0. The highest BCUT2D eigenvalue weighted by Crippen LogP contribution is 2.39. The summed E-state index contributed by atoms with van der Waals surface area (Å²) in [6.07, 6.45) is 6.35. The molecule has 5 heteroatoms. The molecule has 1 saturated heterocycles. The predicted molar refractivity (Wildman–Crippen MR) is 99.6 cm³/mol. The van der Waals surface area contributed by atoms with Crippen LogP contribution in [0, 0.1) is 5.92 Å². The van der Waals surface area contributed by atoms with Crippen LogP contribution in [0.25, 0.3) is 0 Å². The van der Waals surface area contributed by atoms with Gasteiger partial charge in [0.15, 0.2) is 0 Å². The molecule has 1 aromatic rings. The first-order valence-corrected chi connectivity index (χ1v) is 9.33. The summed E-state index contributed by atoms with van der Waals surface area (Å²) >= 11 is 0. The quantitative estimate of drug-likeness (QED) is 0.914. The second-order valence-electron chi connectivity index (χ2n) is 7.70. The zero-order valence-corrected chi connectivity index (χ0v) is 15.5. The van der Waals surface area contributed by atoms with Gasteiger partial charge in [-0.2, -0.15) is 0 Å². The van der Waals surface area contributed by atoms with Gasteiger partial charge < -0.3 is 10.2 Å². The van der Waals surface area contributed by atoms with Crippen molar-refractivity contribution in [1.82, 2.24) is 9.80 Å². The second kappa shape index (κ2) is 7.56. The van der Waals surface area contributed by atoms with Gasteiger partial charge in [-0.25, -0.2) is 0 Å². The van der Waals surface area contributed by atoms with Gasteiger partial charge in [0.05, 0.1) is 6.54 Å². The van der Waals surface area contributed by atoms with Crippen LogP contribution in [0.5, 0.6) is 0 Å². The number of benzene rings is 1. The average Bonchev–Trinajstić information content (AvgIpc) is 2.90. The first-order valence-electron chi connectivity index (χ1n) is 9.33. The number of nitrogens with zero attached hydrogens (tertiary/aromatic N) is 2. The lowest BCUT2D eigenvalue weighted by Gasteiger charge is -2.32. The van der Waals surface area contributed by atoms with Crippen molar-refractivity contribution >= 4 is 17.5 Å². The van der Waals surface area contributed by atoms with E-state index in [1.54, 1.807) is 26.2 Å². The summed E-state index contributed by atoms with van der Waals surface area (Å²) in [5.74, 6) is 0.708. The molecule has 1 aliphatic carbocycles. The van der Waals surface area contributed by atoms with Crippen molar-refractivity contribution in [3.8, 4) is 0 Å². The molecule has 136 valence electrons. The molecule has 1 saturated carbocycles. The Morgan fingerprint density at radius 3 is 2.76 bits per heavy atom. The molecule has 2 aliphatic rings. The van der Waals surface area contributed by atoms with E-state index in [9.17, 15) is 9.59 Å². The van der Waals surface area contributed by atoms with Gasteiger partial charge in [0, 0.05) is 37.4 Å². The molecular weight excluding hydrogens is 314 g/mol. The van der Waals surface area contributed by atoms with Gasteiger partial charge in [-0.3, -0.25) is 14.5 Å². The van der Waals surface area contributed by atoms with E-state index in [2.05, 4.69) is 17.1 Å². The topological polar surface area (TPSA) is 52.7 Å². The van der Waals surface area contributed by atoms with E-state index in [-0.39, 0.29) is 11.8 Å². The number of carbonyl (C=O) groups is 2. The fourth-order valence-electron chi connectivity index (χ4n) is 4.43. The van der Waals surface area contributed by atoms with E-state index in [0.717, 1.165) is 5.92 Å². The summed E-state index contributed by atoms with van der Waals surface area (Å²) in [5, 5.41) is 2.97. The number of hydrogen-bond acceptors (Lipinski definition) is 3. The van der Waals surface area contributed by atoms with Crippen LogP contribution in [0.4, 0.5) is 5.69 Å². The van der Waals surface area contributed by atoms with Crippen molar-refractivity contribution in [2.45, 2.75) is 51.1 Å². The van der Waals surface area contributed by atoms with Crippen LogP contribution < -0.4 is 5.32 Å². The molecule has 0 aromatic heterocycles. The molecule has 1 N–H and O–H groups in total. The molecule has 0 unspecified atom stereocenters. The number of rotatable bonds is 4. The minimum Gasteiger partial charge on any atom is -0.345 e. The van der Waals surface area contributed by atoms with E-state index in [4.69, 9.17) is 0 Å². The normalized spacial score (nSPS) is 26.1. The van der Waals surface area contributed by atoms with Gasteiger partial charge in [-0.1, -0.05) is 18.9 Å². The number of fused-ring (bicyclic) bond motifs is 1. The molecule has 2 amide bonds. The van der Waals surface area contributed by atoms with Gasteiger partial charge in [0.1, 0.15) is 0 Å². The lowest BCUT2D eigenvalue weighted by atomic mass is 9.85. The van der Waals surface area contributed by atoms with Gasteiger partial charge in [0.25, 0.3) is 5.91 Å². The monoisotopic (exact) mass is 343 g/mol. The molecule has 0 spiro atoms. The smallest absolute Gasteiger partial charge is 0.253 e. The van der Waals surface area contributed by atoms with Gasteiger partial charge in [0.2, 0.25) is 5.91 Å². The number of amides is 2. The third kappa shape index (κ3) is 4.03. The number of carbonyl (C=O) groups excluding carboxylic acids is 2. The first kappa shape index (κ1) is 17.9. The van der Waals surface area contributed by atoms with Crippen LogP contribution in [-0.4, -0.2) is 54.3 Å². The standard InChI is InChI=1S/C20H29N3O2/c1-14-11-15-7-4-5-10-18(15)23(14)13-19(24)21-17-9-6-8-16(12-17)20(25)22(2)3/h6,8-9,12,14-15,18H,4-5,7,10-11,13H2,1-3H3,(H,21,24)/t14-,15-,18+/m1/s1. The minimum absolute atomic E-state index is 0.00697. The third-order valence-electron chi connectivity index (χ3n) is 5.63. The van der Waals surface area contributed by atoms with E-state index in [0.29, 0.717) is 29.9 Å². The van der Waals surface area contributed by atoms with E-state index < -0.39 is 0 Å². The molecule has 1 heterocycles. The maximum atomic E-state index is 12.6. The van der Waals surface area contributed by atoms with Crippen LogP contribution in [0.1, 0.15) is 49.4 Å². The summed E-state index contributed by atoms with van der Waals surface area (Å²) < 4.78 is 0. The predicted octanol–water partition coefficient (Wildman–Crippen LogP) is 2.98. The van der Waals surface area contributed by atoms with Crippen molar-refractivity contribution in [2.75, 3.05) is 26.0 Å². The largest absolute Gasteiger partial charge is 0.345 e. The molecule has 2 fully saturated rings. The zero-order chi connectivity index (χ0) is 18.0. The van der Waals surface area contributed by atoms with Crippen LogP contribution in [0.15, 0.2) is 24.3 Å². The lowest BCUT2D eigenvalue weighted by molar-refractivity contribution is -0.118.